The van der Waals surface area contributed by atoms with Gasteiger partial charge in [0.2, 0.25) is 0 Å². The highest BCUT2D eigenvalue weighted by molar-refractivity contribution is 5.76. The van der Waals surface area contributed by atoms with Crippen LogP contribution in [0, 0.1) is 17.3 Å². The van der Waals surface area contributed by atoms with E-state index < -0.39 is 17.5 Å². The van der Waals surface area contributed by atoms with Crippen molar-refractivity contribution in [1.29, 1.82) is 0 Å². The quantitative estimate of drug-likeness (QED) is 0.771. The number of ether oxygens (including phenoxy) is 1. The third-order valence-electron chi connectivity index (χ3n) is 4.77. The van der Waals surface area contributed by atoms with Crippen molar-refractivity contribution in [3.63, 3.8) is 0 Å². The van der Waals surface area contributed by atoms with Crippen LogP contribution in [0.15, 0.2) is 0 Å². The van der Waals surface area contributed by atoms with E-state index in [-0.39, 0.29) is 12.0 Å². The minimum absolute atomic E-state index is 0.0323. The van der Waals surface area contributed by atoms with Gasteiger partial charge in [-0.3, -0.25) is 0 Å². The van der Waals surface area contributed by atoms with Crippen LogP contribution in [0.4, 0.5) is 8.78 Å². The lowest BCUT2D eigenvalue weighted by molar-refractivity contribution is -0.178. The largest absolute Gasteiger partial charge is 0.461 e. The molecule has 0 aromatic heterocycles. The van der Waals surface area contributed by atoms with E-state index in [0.29, 0.717) is 25.2 Å². The van der Waals surface area contributed by atoms with Crippen LogP contribution < -0.4 is 0 Å². The van der Waals surface area contributed by atoms with E-state index in [1.54, 1.807) is 0 Å². The van der Waals surface area contributed by atoms with Gasteiger partial charge in [0.15, 0.2) is 0 Å². The second kappa shape index (κ2) is 2.99. The first-order valence-electron chi connectivity index (χ1n) is 6.02. The highest BCUT2D eigenvalue weighted by Gasteiger charge is 2.70. The molecular weight excluding hydrogens is 230 g/mol. The molecule has 0 heterocycles. The van der Waals surface area contributed by atoms with Crippen LogP contribution in [-0.2, 0) is 9.53 Å². The topological polar surface area (TPSA) is 46.5 Å². The molecular formula is C12H16F2O3. The summed E-state index contributed by atoms with van der Waals surface area (Å²) < 4.78 is 30.1. The molecule has 3 aliphatic carbocycles. The van der Waals surface area contributed by atoms with Crippen LogP contribution in [0.5, 0.6) is 0 Å². The van der Waals surface area contributed by atoms with Crippen molar-refractivity contribution in [3.05, 3.63) is 0 Å². The third-order valence-corrected chi connectivity index (χ3v) is 4.77. The van der Waals surface area contributed by atoms with Gasteiger partial charge in [-0.15, -0.1) is 0 Å². The molecule has 17 heavy (non-hydrogen) atoms. The molecule has 3 fully saturated rings. The summed E-state index contributed by atoms with van der Waals surface area (Å²) in [6.07, 6.45) is 3.15. The van der Waals surface area contributed by atoms with Crippen LogP contribution in [0.2, 0.25) is 0 Å². The van der Waals surface area contributed by atoms with Crippen molar-refractivity contribution in [2.45, 2.75) is 44.1 Å². The first-order valence-corrected chi connectivity index (χ1v) is 6.02. The summed E-state index contributed by atoms with van der Waals surface area (Å²) in [6.45, 7) is 0.578. The monoisotopic (exact) mass is 246 g/mol. The Kier molecular flexibility index (Phi) is 2.01. The Morgan fingerprint density at radius 1 is 1.47 bits per heavy atom. The smallest absolute Gasteiger partial charge is 0.376 e. The predicted molar refractivity (Wildman–Crippen MR) is 54.4 cm³/mol. The number of alkyl halides is 2. The molecule has 4 atom stereocenters. The zero-order chi connectivity index (χ0) is 12.5. The van der Waals surface area contributed by atoms with Crippen molar-refractivity contribution < 1.29 is 23.4 Å². The van der Waals surface area contributed by atoms with Gasteiger partial charge in [0, 0.05) is 12.3 Å². The van der Waals surface area contributed by atoms with E-state index in [0.717, 1.165) is 19.3 Å². The van der Waals surface area contributed by atoms with E-state index in [9.17, 15) is 18.7 Å². The number of hydrogen-bond donors (Lipinski definition) is 1. The fourth-order valence-corrected chi connectivity index (χ4v) is 4.21. The van der Waals surface area contributed by atoms with Crippen molar-refractivity contribution in [1.82, 2.24) is 0 Å². The number of carbonyl (C=O) groups excluding carboxylic acids is 1. The lowest BCUT2D eigenvalue weighted by Crippen LogP contribution is -2.53. The summed E-state index contributed by atoms with van der Waals surface area (Å²) in [6, 6.07) is 0. The maximum atomic E-state index is 12.7. The maximum Gasteiger partial charge on any atom is 0.376 e. The molecule has 3 aliphatic rings. The molecule has 2 bridgehead atoms. The molecule has 1 N–H and O–H groups in total. The number of halogens is 2. The number of esters is 1. The molecule has 0 amide bonds. The number of hydrogen-bond acceptors (Lipinski definition) is 3. The Hall–Kier alpha value is -0.710. The molecule has 0 aromatic rings. The molecule has 3 nitrogen and oxygen atoms in total. The van der Waals surface area contributed by atoms with Gasteiger partial charge in [0.05, 0.1) is 12.2 Å². The summed E-state index contributed by atoms with van der Waals surface area (Å²) in [7, 11) is 0. The number of fused-ring (bicyclic) bond motifs is 1. The Morgan fingerprint density at radius 3 is 2.65 bits per heavy atom. The van der Waals surface area contributed by atoms with Gasteiger partial charge >= 0.3 is 11.9 Å². The van der Waals surface area contributed by atoms with E-state index in [1.165, 1.54) is 0 Å². The molecule has 5 heteroatoms. The summed E-state index contributed by atoms with van der Waals surface area (Å²) in [5.41, 5.74) is -0.826. The molecule has 0 radical (unpaired) electrons. The van der Waals surface area contributed by atoms with E-state index >= 15 is 0 Å². The first kappa shape index (κ1) is 11.4. The van der Waals surface area contributed by atoms with Gasteiger partial charge < -0.3 is 9.84 Å². The van der Waals surface area contributed by atoms with Crippen LogP contribution in [0.3, 0.4) is 0 Å². The van der Waals surface area contributed by atoms with Crippen molar-refractivity contribution in [2.24, 2.45) is 17.3 Å². The number of aliphatic hydroxyl groups is 1. The molecule has 3 rings (SSSR count). The Bertz CT molecular complexity index is 378. The summed E-state index contributed by atoms with van der Waals surface area (Å²) in [5, 5.41) is 10.2. The Labute approximate surface area is 98.1 Å². The average molecular weight is 246 g/mol. The average Bonchev–Trinajstić information content (AvgIpc) is 2.60. The number of carbonyl (C=O) groups is 1. The SMILES string of the molecule is CC(F)(F)C(=O)OCC12CC3CC(O)(C1)C3C2. The van der Waals surface area contributed by atoms with Gasteiger partial charge in [-0.25, -0.2) is 4.79 Å². The Balaban J connectivity index is 1.63. The zero-order valence-electron chi connectivity index (χ0n) is 9.71. The van der Waals surface area contributed by atoms with E-state index in [2.05, 4.69) is 0 Å². The van der Waals surface area contributed by atoms with E-state index in [4.69, 9.17) is 4.74 Å². The summed E-state index contributed by atoms with van der Waals surface area (Å²) >= 11 is 0. The van der Waals surface area contributed by atoms with Gasteiger partial charge in [-0.1, -0.05) is 0 Å². The first-order chi connectivity index (χ1) is 7.74. The second-order valence-corrected chi connectivity index (χ2v) is 6.22. The van der Waals surface area contributed by atoms with Gasteiger partial charge in [-0.05, 0) is 37.5 Å². The van der Waals surface area contributed by atoms with Crippen molar-refractivity contribution >= 4 is 5.97 Å². The van der Waals surface area contributed by atoms with Crippen LogP contribution in [-0.4, -0.2) is 29.2 Å². The summed E-state index contributed by atoms with van der Waals surface area (Å²) in [5.74, 6) is -4.06. The highest BCUT2D eigenvalue weighted by atomic mass is 19.3. The standard InChI is InChI=1S/C12H16F2O3/c1-10(13,14)9(15)17-6-11-2-7-3-12(16,5-11)8(7)4-11/h7-8,16H,2-6H2,1H3. The molecule has 0 saturated heterocycles. The molecule has 0 aromatic carbocycles. The van der Waals surface area contributed by atoms with Gasteiger partial charge in [-0.2, -0.15) is 8.78 Å². The second-order valence-electron chi connectivity index (χ2n) is 6.22. The molecule has 0 spiro atoms. The summed E-state index contributed by atoms with van der Waals surface area (Å²) in [4.78, 5) is 11.0. The van der Waals surface area contributed by atoms with Crippen LogP contribution >= 0.6 is 0 Å². The molecule has 0 aliphatic heterocycles. The van der Waals surface area contributed by atoms with Crippen molar-refractivity contribution in [2.75, 3.05) is 6.61 Å². The number of rotatable bonds is 3. The minimum Gasteiger partial charge on any atom is -0.461 e. The van der Waals surface area contributed by atoms with Gasteiger partial charge in [0.1, 0.15) is 0 Å². The fourth-order valence-electron chi connectivity index (χ4n) is 4.21. The minimum atomic E-state index is -3.42. The van der Waals surface area contributed by atoms with Crippen LogP contribution in [0.25, 0.3) is 0 Å². The predicted octanol–water partition coefficient (Wildman–Crippen LogP) is 1.74. The maximum absolute atomic E-state index is 12.7. The highest BCUT2D eigenvalue weighted by Crippen LogP contribution is 2.71. The molecule has 96 valence electrons. The van der Waals surface area contributed by atoms with Crippen molar-refractivity contribution in [3.8, 4) is 0 Å². The zero-order valence-corrected chi connectivity index (χ0v) is 9.71. The lowest BCUT2D eigenvalue weighted by atomic mass is 9.58. The van der Waals surface area contributed by atoms with Crippen LogP contribution in [0.1, 0.15) is 32.6 Å². The fraction of sp³-hybridized carbons (Fsp3) is 0.917. The van der Waals surface area contributed by atoms with Gasteiger partial charge in [0.25, 0.3) is 0 Å². The lowest BCUT2D eigenvalue weighted by Gasteiger charge is -2.51. The van der Waals surface area contributed by atoms with E-state index in [1.807, 2.05) is 0 Å². The Morgan fingerprint density at radius 2 is 2.18 bits per heavy atom. The third kappa shape index (κ3) is 1.51. The molecule has 3 saturated carbocycles. The normalized spacial score (nSPS) is 46.8. The molecule has 4 unspecified atom stereocenters.